The summed E-state index contributed by atoms with van der Waals surface area (Å²) in [7, 11) is 3.45. The smallest absolute Gasteiger partial charge is 0.246 e. The van der Waals surface area contributed by atoms with E-state index < -0.39 is 5.60 Å². The molecule has 0 aliphatic carbocycles. The lowest BCUT2D eigenvalue weighted by molar-refractivity contribution is -0.133. The minimum Gasteiger partial charge on any atom is -0.504 e. The monoisotopic (exact) mass is 508 g/mol. The van der Waals surface area contributed by atoms with Gasteiger partial charge < -0.3 is 25.0 Å². The van der Waals surface area contributed by atoms with Crippen LogP contribution in [-0.4, -0.2) is 57.8 Å². The fourth-order valence-corrected chi connectivity index (χ4v) is 5.06. The molecule has 9 heteroatoms. The molecule has 0 unspecified atom stereocenters. The molecule has 0 radical (unpaired) electrons. The van der Waals surface area contributed by atoms with Gasteiger partial charge in [-0.15, -0.1) is 0 Å². The maximum atomic E-state index is 12.1. The molecule has 188 valence electrons. The number of carbonyl (C=O) groups excluding carboxylic acids is 1. The fraction of sp³-hybridized carbons (Fsp3) is 0.520. The zero-order chi connectivity index (χ0) is 25.0. The Morgan fingerprint density at radius 1 is 1.03 bits per heavy atom. The summed E-state index contributed by atoms with van der Waals surface area (Å²) in [5.41, 5.74) is 0.0958. The lowest BCUT2D eigenvalue weighted by Gasteiger charge is -2.29. The summed E-state index contributed by atoms with van der Waals surface area (Å²) in [6.07, 6.45) is 3.94. The number of ether oxygens (including phenoxy) is 2. The van der Waals surface area contributed by atoms with E-state index in [2.05, 4.69) is 24.1 Å². The molecule has 2 aromatic rings. The molecule has 1 aromatic carbocycles. The molecule has 1 heterocycles. The summed E-state index contributed by atoms with van der Waals surface area (Å²) >= 11 is 0. The zero-order valence-electron chi connectivity index (χ0n) is 20.4. The number of amides is 1. The number of pyridine rings is 1. The van der Waals surface area contributed by atoms with Gasteiger partial charge in [0.25, 0.3) is 0 Å². The van der Waals surface area contributed by atoms with Crippen LogP contribution in [0.2, 0.25) is 0 Å². The molecule has 0 fully saturated rings. The highest BCUT2D eigenvalue weighted by Crippen LogP contribution is 2.31. The number of aromatic nitrogens is 1. The minimum absolute atomic E-state index is 0.0292. The van der Waals surface area contributed by atoms with Crippen LogP contribution in [0.4, 0.5) is 0 Å². The molecule has 0 saturated heterocycles. The Bertz CT molecular complexity index is 894. The van der Waals surface area contributed by atoms with Crippen molar-refractivity contribution in [3.05, 3.63) is 48.2 Å². The van der Waals surface area contributed by atoms with E-state index in [1.54, 1.807) is 33.9 Å². The normalized spacial score (nSPS) is 12.0. The molecule has 34 heavy (non-hydrogen) atoms. The molecule has 0 atom stereocenters. The highest BCUT2D eigenvalue weighted by molar-refractivity contribution is 8.76. The van der Waals surface area contributed by atoms with E-state index in [4.69, 9.17) is 9.47 Å². The summed E-state index contributed by atoms with van der Waals surface area (Å²) in [6, 6.07) is 10.5. The third-order valence-corrected chi connectivity index (χ3v) is 7.40. The molecule has 2 rings (SSSR count). The van der Waals surface area contributed by atoms with Crippen molar-refractivity contribution in [3.8, 4) is 11.5 Å². The van der Waals surface area contributed by atoms with Crippen LogP contribution in [0.25, 0.3) is 0 Å². The first kappa shape index (κ1) is 28.3. The first-order valence-electron chi connectivity index (χ1n) is 11.3. The van der Waals surface area contributed by atoms with E-state index in [0.29, 0.717) is 26.0 Å². The fourth-order valence-electron chi connectivity index (χ4n) is 2.89. The van der Waals surface area contributed by atoms with Gasteiger partial charge in [-0.1, -0.05) is 22.9 Å². The van der Waals surface area contributed by atoms with Gasteiger partial charge in [-0.2, -0.15) is 0 Å². The molecule has 1 aromatic heterocycles. The van der Waals surface area contributed by atoms with E-state index >= 15 is 0 Å². The average Bonchev–Trinajstić information content (AvgIpc) is 2.78. The molecule has 3 N–H and O–H groups in total. The van der Waals surface area contributed by atoms with E-state index in [0.717, 1.165) is 22.8 Å². The number of aromatic hydroxyl groups is 2. The van der Waals surface area contributed by atoms with Crippen molar-refractivity contribution in [2.24, 2.45) is 0 Å². The molecule has 1 amide bonds. The van der Waals surface area contributed by atoms with Crippen molar-refractivity contribution in [1.82, 2.24) is 10.3 Å². The highest BCUT2D eigenvalue weighted by Gasteiger charge is 2.23. The number of nitrogens with one attached hydrogen (secondary N) is 1. The topological polar surface area (TPSA) is 101 Å². The molecule has 0 bridgehead atoms. The van der Waals surface area contributed by atoms with Crippen molar-refractivity contribution in [2.75, 3.05) is 25.5 Å². The zero-order valence-corrected chi connectivity index (χ0v) is 22.0. The van der Waals surface area contributed by atoms with Gasteiger partial charge in [0, 0.05) is 18.5 Å². The molecule has 0 spiro atoms. The highest BCUT2D eigenvalue weighted by atomic mass is 33.1. The third-order valence-electron chi connectivity index (χ3n) is 5.14. The maximum Gasteiger partial charge on any atom is 0.246 e. The number of hydrogen-bond donors (Lipinski definition) is 3. The number of rotatable bonds is 15. The van der Waals surface area contributed by atoms with Crippen molar-refractivity contribution in [1.29, 1.82) is 0 Å². The quantitative estimate of drug-likeness (QED) is 0.176. The van der Waals surface area contributed by atoms with E-state index in [1.165, 1.54) is 12.1 Å². The molecule has 0 aliphatic rings. The van der Waals surface area contributed by atoms with Crippen LogP contribution in [0.3, 0.4) is 0 Å². The Kier molecular flexibility index (Phi) is 11.5. The predicted molar refractivity (Wildman–Crippen MR) is 138 cm³/mol. The largest absolute Gasteiger partial charge is 0.504 e. The standard InChI is InChI=1S/C25H36N2O5S2/c1-24(2,32-18-22(30)26-14-10-19-8-9-20(28)21(29)17-19)11-15-31-25(3,4)12-16-33-34-23-7-5-6-13-27-23/h5-9,13,17,28-29H,10-12,14-16,18H2,1-4H3,(H,26,30). The molecular weight excluding hydrogens is 472 g/mol. The van der Waals surface area contributed by atoms with E-state index in [-0.39, 0.29) is 29.6 Å². The van der Waals surface area contributed by atoms with Crippen LogP contribution in [0, 0.1) is 0 Å². The number of phenols is 2. The van der Waals surface area contributed by atoms with Crippen LogP contribution in [0.15, 0.2) is 47.6 Å². The average molecular weight is 509 g/mol. The third kappa shape index (κ3) is 11.5. The van der Waals surface area contributed by atoms with Gasteiger partial charge in [-0.05, 0) is 87.6 Å². The van der Waals surface area contributed by atoms with Gasteiger partial charge in [0.2, 0.25) is 5.91 Å². The van der Waals surface area contributed by atoms with Crippen molar-refractivity contribution in [2.45, 2.75) is 63.2 Å². The van der Waals surface area contributed by atoms with Gasteiger partial charge in [0.1, 0.15) is 11.6 Å². The Hall–Kier alpha value is -1.94. The number of benzene rings is 1. The first-order chi connectivity index (χ1) is 16.1. The van der Waals surface area contributed by atoms with Gasteiger partial charge in [-0.25, -0.2) is 4.98 Å². The van der Waals surface area contributed by atoms with Gasteiger partial charge in [-0.3, -0.25) is 4.79 Å². The second kappa shape index (κ2) is 13.8. The number of carbonyl (C=O) groups is 1. The predicted octanol–water partition coefficient (Wildman–Crippen LogP) is 4.96. The Morgan fingerprint density at radius 2 is 1.79 bits per heavy atom. The van der Waals surface area contributed by atoms with Crippen LogP contribution >= 0.6 is 21.6 Å². The lowest BCUT2D eigenvalue weighted by Crippen LogP contribution is -2.36. The van der Waals surface area contributed by atoms with Crippen molar-refractivity contribution < 1.29 is 24.5 Å². The van der Waals surface area contributed by atoms with E-state index in [9.17, 15) is 15.0 Å². The molecular formula is C25H36N2O5S2. The molecule has 0 saturated carbocycles. The molecule has 0 aliphatic heterocycles. The first-order valence-corrected chi connectivity index (χ1v) is 13.6. The van der Waals surface area contributed by atoms with Crippen LogP contribution in [-0.2, 0) is 20.7 Å². The SMILES string of the molecule is CC(C)(CCSSc1ccccn1)OCCC(C)(C)OCC(=O)NCCc1ccc(O)c(O)c1. The van der Waals surface area contributed by atoms with Crippen LogP contribution in [0.5, 0.6) is 11.5 Å². The summed E-state index contributed by atoms with van der Waals surface area (Å²) in [5.74, 6) is 0.438. The van der Waals surface area contributed by atoms with Crippen LogP contribution < -0.4 is 5.32 Å². The lowest BCUT2D eigenvalue weighted by atomic mass is 10.0. The van der Waals surface area contributed by atoms with Crippen molar-refractivity contribution >= 4 is 27.5 Å². The minimum atomic E-state index is -0.486. The summed E-state index contributed by atoms with van der Waals surface area (Å²) in [6.45, 7) is 9.02. The Balaban J connectivity index is 1.58. The second-order valence-electron chi connectivity index (χ2n) is 9.15. The number of phenolic OH excluding ortho intramolecular Hbond substituents is 2. The Morgan fingerprint density at radius 3 is 2.50 bits per heavy atom. The molecule has 7 nitrogen and oxygen atoms in total. The van der Waals surface area contributed by atoms with Crippen molar-refractivity contribution in [3.63, 3.8) is 0 Å². The van der Waals surface area contributed by atoms with Gasteiger partial charge in [0.15, 0.2) is 11.5 Å². The summed E-state index contributed by atoms with van der Waals surface area (Å²) in [4.78, 5) is 16.4. The maximum absolute atomic E-state index is 12.1. The van der Waals surface area contributed by atoms with Gasteiger partial charge >= 0.3 is 0 Å². The van der Waals surface area contributed by atoms with Crippen LogP contribution in [0.1, 0.15) is 46.1 Å². The number of nitrogens with zero attached hydrogens (tertiary/aromatic N) is 1. The van der Waals surface area contributed by atoms with Gasteiger partial charge in [0.05, 0.1) is 17.8 Å². The summed E-state index contributed by atoms with van der Waals surface area (Å²) in [5, 5.41) is 22.7. The number of hydrogen-bond acceptors (Lipinski definition) is 8. The second-order valence-corrected chi connectivity index (χ2v) is 11.6. The Labute approximate surface area is 210 Å². The van der Waals surface area contributed by atoms with E-state index in [1.807, 2.05) is 32.0 Å². The summed E-state index contributed by atoms with van der Waals surface area (Å²) < 4.78 is 11.9.